The Bertz CT molecular complexity index is 353. The summed E-state index contributed by atoms with van der Waals surface area (Å²) in [6.07, 6.45) is 0.865. The fraction of sp³-hybridized carbons (Fsp3) is 0.571. The molecule has 1 atom stereocenters. The molecule has 0 aliphatic carbocycles. The van der Waals surface area contributed by atoms with Crippen LogP contribution in [0.2, 0.25) is 0 Å². The van der Waals surface area contributed by atoms with Gasteiger partial charge in [-0.15, -0.1) is 0 Å². The topological polar surface area (TPSA) is 53.7 Å². The fourth-order valence-electron chi connectivity index (χ4n) is 1.63. The molecule has 0 aliphatic heterocycles. The first-order valence-corrected chi connectivity index (χ1v) is 6.33. The van der Waals surface area contributed by atoms with Crippen molar-refractivity contribution in [1.29, 1.82) is 0 Å². The van der Waals surface area contributed by atoms with Gasteiger partial charge in [-0.1, -0.05) is 6.07 Å². The molecule has 0 heterocycles. The molecule has 4 nitrogen and oxygen atoms in total. The molecule has 0 saturated carbocycles. The fourth-order valence-corrected chi connectivity index (χ4v) is 1.63. The highest BCUT2D eigenvalue weighted by molar-refractivity contribution is 5.42. The minimum atomic E-state index is -0.0576. The number of hydrogen-bond acceptors (Lipinski definition) is 4. The Morgan fingerprint density at radius 1 is 1.28 bits per heavy atom. The molecule has 4 heteroatoms. The van der Waals surface area contributed by atoms with Crippen LogP contribution < -0.4 is 15.2 Å². The summed E-state index contributed by atoms with van der Waals surface area (Å²) >= 11 is 0. The van der Waals surface area contributed by atoms with Gasteiger partial charge in [0, 0.05) is 37.3 Å². The van der Waals surface area contributed by atoms with Crippen LogP contribution >= 0.6 is 0 Å². The SMILES string of the molecule is CCOCCCOc1cc(OC)ccc1C(C)N. The lowest BCUT2D eigenvalue weighted by atomic mass is 10.1. The minimum absolute atomic E-state index is 0.0576. The first-order valence-electron chi connectivity index (χ1n) is 6.33. The van der Waals surface area contributed by atoms with Crippen LogP contribution in [0.1, 0.15) is 31.9 Å². The summed E-state index contributed by atoms with van der Waals surface area (Å²) in [6, 6.07) is 5.66. The Morgan fingerprint density at radius 2 is 2.06 bits per heavy atom. The quantitative estimate of drug-likeness (QED) is 0.723. The zero-order valence-corrected chi connectivity index (χ0v) is 11.4. The molecule has 0 aliphatic rings. The lowest BCUT2D eigenvalue weighted by molar-refractivity contribution is 0.130. The Balaban J connectivity index is 2.60. The number of methoxy groups -OCH3 is 1. The highest BCUT2D eigenvalue weighted by atomic mass is 16.5. The monoisotopic (exact) mass is 253 g/mol. The van der Waals surface area contributed by atoms with Crippen molar-refractivity contribution in [2.75, 3.05) is 26.9 Å². The van der Waals surface area contributed by atoms with E-state index in [0.29, 0.717) is 13.2 Å². The van der Waals surface area contributed by atoms with Gasteiger partial charge in [0.15, 0.2) is 0 Å². The van der Waals surface area contributed by atoms with Crippen LogP contribution in [0.3, 0.4) is 0 Å². The summed E-state index contributed by atoms with van der Waals surface area (Å²) in [5.41, 5.74) is 6.91. The highest BCUT2D eigenvalue weighted by Crippen LogP contribution is 2.28. The van der Waals surface area contributed by atoms with Gasteiger partial charge in [0.25, 0.3) is 0 Å². The molecule has 0 spiro atoms. The van der Waals surface area contributed by atoms with E-state index in [-0.39, 0.29) is 6.04 Å². The second-order valence-corrected chi connectivity index (χ2v) is 4.09. The third-order valence-corrected chi connectivity index (χ3v) is 2.61. The number of benzene rings is 1. The summed E-state index contributed by atoms with van der Waals surface area (Å²) in [5, 5.41) is 0. The minimum Gasteiger partial charge on any atom is -0.497 e. The van der Waals surface area contributed by atoms with Crippen LogP contribution in [0.4, 0.5) is 0 Å². The highest BCUT2D eigenvalue weighted by Gasteiger charge is 2.09. The smallest absolute Gasteiger partial charge is 0.127 e. The average Bonchev–Trinajstić information content (AvgIpc) is 2.38. The second-order valence-electron chi connectivity index (χ2n) is 4.09. The predicted octanol–water partition coefficient (Wildman–Crippen LogP) is 2.52. The molecular formula is C14H23NO3. The van der Waals surface area contributed by atoms with Crippen molar-refractivity contribution in [1.82, 2.24) is 0 Å². The van der Waals surface area contributed by atoms with Crippen molar-refractivity contribution in [3.8, 4) is 11.5 Å². The van der Waals surface area contributed by atoms with E-state index in [0.717, 1.165) is 30.1 Å². The van der Waals surface area contributed by atoms with Gasteiger partial charge < -0.3 is 19.9 Å². The zero-order valence-electron chi connectivity index (χ0n) is 11.4. The van der Waals surface area contributed by atoms with Crippen molar-refractivity contribution in [3.05, 3.63) is 23.8 Å². The summed E-state index contributed by atoms with van der Waals surface area (Å²) in [6.45, 7) is 6.00. The summed E-state index contributed by atoms with van der Waals surface area (Å²) in [7, 11) is 1.64. The van der Waals surface area contributed by atoms with Crippen molar-refractivity contribution in [2.24, 2.45) is 5.73 Å². The van der Waals surface area contributed by atoms with E-state index in [4.69, 9.17) is 19.9 Å². The van der Waals surface area contributed by atoms with E-state index in [1.165, 1.54) is 0 Å². The predicted molar refractivity (Wildman–Crippen MR) is 72.2 cm³/mol. The molecule has 0 radical (unpaired) electrons. The molecule has 1 unspecified atom stereocenters. The normalized spacial score (nSPS) is 12.2. The van der Waals surface area contributed by atoms with Gasteiger partial charge in [-0.25, -0.2) is 0 Å². The van der Waals surface area contributed by atoms with E-state index in [2.05, 4.69) is 0 Å². The van der Waals surface area contributed by atoms with Gasteiger partial charge in [-0.3, -0.25) is 0 Å². The van der Waals surface area contributed by atoms with Gasteiger partial charge >= 0.3 is 0 Å². The molecule has 102 valence electrons. The molecule has 0 bridgehead atoms. The van der Waals surface area contributed by atoms with Crippen LogP contribution in [-0.4, -0.2) is 26.9 Å². The van der Waals surface area contributed by atoms with Crippen molar-refractivity contribution < 1.29 is 14.2 Å². The first-order chi connectivity index (χ1) is 8.69. The van der Waals surface area contributed by atoms with Gasteiger partial charge in [0.2, 0.25) is 0 Å². The summed E-state index contributed by atoms with van der Waals surface area (Å²) in [4.78, 5) is 0. The molecular weight excluding hydrogens is 230 g/mol. The zero-order chi connectivity index (χ0) is 13.4. The van der Waals surface area contributed by atoms with E-state index in [9.17, 15) is 0 Å². The Labute approximate surface area is 109 Å². The van der Waals surface area contributed by atoms with E-state index in [1.54, 1.807) is 7.11 Å². The maximum Gasteiger partial charge on any atom is 0.127 e. The van der Waals surface area contributed by atoms with Gasteiger partial charge in [-0.2, -0.15) is 0 Å². The average molecular weight is 253 g/mol. The maximum atomic E-state index is 5.91. The Kier molecular flexibility index (Phi) is 6.54. The van der Waals surface area contributed by atoms with Crippen LogP contribution in [0.15, 0.2) is 18.2 Å². The molecule has 1 rings (SSSR count). The third kappa shape index (κ3) is 4.55. The van der Waals surface area contributed by atoms with Crippen LogP contribution in [0.25, 0.3) is 0 Å². The lowest BCUT2D eigenvalue weighted by Gasteiger charge is -2.15. The maximum absolute atomic E-state index is 5.91. The van der Waals surface area contributed by atoms with Crippen LogP contribution in [-0.2, 0) is 4.74 Å². The number of rotatable bonds is 8. The van der Waals surface area contributed by atoms with E-state index in [1.807, 2.05) is 32.0 Å². The lowest BCUT2D eigenvalue weighted by Crippen LogP contribution is -2.10. The van der Waals surface area contributed by atoms with E-state index >= 15 is 0 Å². The molecule has 2 N–H and O–H groups in total. The number of nitrogens with two attached hydrogens (primary N) is 1. The van der Waals surface area contributed by atoms with Crippen molar-refractivity contribution in [2.45, 2.75) is 26.3 Å². The van der Waals surface area contributed by atoms with Crippen LogP contribution in [0, 0.1) is 0 Å². The molecule has 0 amide bonds. The largest absolute Gasteiger partial charge is 0.497 e. The van der Waals surface area contributed by atoms with Gasteiger partial charge in [0.1, 0.15) is 11.5 Å². The molecule has 0 saturated heterocycles. The molecule has 0 fully saturated rings. The van der Waals surface area contributed by atoms with E-state index < -0.39 is 0 Å². The molecule has 1 aromatic carbocycles. The van der Waals surface area contributed by atoms with Crippen molar-refractivity contribution in [3.63, 3.8) is 0 Å². The Hall–Kier alpha value is -1.26. The summed E-state index contributed by atoms with van der Waals surface area (Å²) in [5.74, 6) is 1.57. The third-order valence-electron chi connectivity index (χ3n) is 2.61. The molecule has 1 aromatic rings. The number of hydrogen-bond donors (Lipinski definition) is 1. The summed E-state index contributed by atoms with van der Waals surface area (Å²) < 4.78 is 16.2. The second kappa shape index (κ2) is 7.95. The molecule has 0 aromatic heterocycles. The van der Waals surface area contributed by atoms with Gasteiger partial charge in [-0.05, 0) is 19.9 Å². The number of ether oxygens (including phenoxy) is 3. The van der Waals surface area contributed by atoms with Crippen LogP contribution in [0.5, 0.6) is 11.5 Å². The standard InChI is InChI=1S/C14H23NO3/c1-4-17-8-5-9-18-14-10-12(16-3)6-7-13(14)11(2)15/h6-7,10-11H,4-5,8-9,15H2,1-3H3. The molecule has 18 heavy (non-hydrogen) atoms. The van der Waals surface area contributed by atoms with Gasteiger partial charge in [0.05, 0.1) is 13.7 Å². The Morgan fingerprint density at radius 3 is 2.67 bits per heavy atom. The van der Waals surface area contributed by atoms with Crippen molar-refractivity contribution >= 4 is 0 Å². The first kappa shape index (κ1) is 14.8.